The van der Waals surface area contributed by atoms with E-state index in [4.69, 9.17) is 5.73 Å². The van der Waals surface area contributed by atoms with Crippen molar-refractivity contribution in [1.29, 1.82) is 0 Å². The summed E-state index contributed by atoms with van der Waals surface area (Å²) in [6.45, 7) is 6.60. The van der Waals surface area contributed by atoms with E-state index in [1.807, 2.05) is 30.3 Å². The summed E-state index contributed by atoms with van der Waals surface area (Å²) >= 11 is 0. The molecule has 1 unspecified atom stereocenters. The fourth-order valence-corrected chi connectivity index (χ4v) is 2.48. The Bertz CT molecular complexity index is 767. The average molecular weight is 306 g/mol. The lowest BCUT2D eigenvalue weighted by Gasteiger charge is -2.18. The summed E-state index contributed by atoms with van der Waals surface area (Å²) in [6.07, 6.45) is 0. The van der Waals surface area contributed by atoms with E-state index in [9.17, 15) is 0 Å². The summed E-state index contributed by atoms with van der Waals surface area (Å²) in [5.74, 6) is 1.35. The molecular formula is C19H22N4. The fraction of sp³-hybridized carbons (Fsp3) is 0.263. The second-order valence-electron chi connectivity index (χ2n) is 6.76. The van der Waals surface area contributed by atoms with Crippen molar-refractivity contribution in [3.05, 3.63) is 71.5 Å². The topological polar surface area (TPSA) is 67.6 Å². The van der Waals surface area contributed by atoms with Crippen LogP contribution in [0.2, 0.25) is 0 Å². The van der Waals surface area contributed by atoms with Gasteiger partial charge in [0.15, 0.2) is 5.82 Å². The largest absolute Gasteiger partial charge is 0.318 e. The van der Waals surface area contributed by atoms with Crippen LogP contribution in [-0.2, 0) is 5.41 Å². The van der Waals surface area contributed by atoms with Gasteiger partial charge in [0, 0.05) is 5.56 Å². The number of aromatic nitrogens is 3. The molecule has 1 atom stereocenters. The predicted molar refractivity (Wildman–Crippen MR) is 93.0 cm³/mol. The molecule has 0 saturated heterocycles. The minimum Gasteiger partial charge on any atom is -0.318 e. The quantitative estimate of drug-likeness (QED) is 0.773. The zero-order chi connectivity index (χ0) is 16.4. The Morgan fingerprint density at radius 1 is 0.957 bits per heavy atom. The van der Waals surface area contributed by atoms with Gasteiger partial charge in [0.25, 0.3) is 0 Å². The average Bonchev–Trinajstić information content (AvgIpc) is 3.04. The molecule has 3 N–H and O–H groups in total. The number of nitrogens with one attached hydrogen (secondary N) is 1. The monoisotopic (exact) mass is 306 g/mol. The Hall–Kier alpha value is -2.46. The van der Waals surface area contributed by atoms with Crippen LogP contribution < -0.4 is 5.73 Å². The summed E-state index contributed by atoms with van der Waals surface area (Å²) < 4.78 is 0. The Balaban J connectivity index is 1.85. The highest BCUT2D eigenvalue weighted by molar-refractivity contribution is 5.55. The lowest BCUT2D eigenvalue weighted by atomic mass is 9.87. The van der Waals surface area contributed by atoms with Crippen molar-refractivity contribution in [2.24, 2.45) is 5.73 Å². The molecule has 0 radical (unpaired) electrons. The van der Waals surface area contributed by atoms with Crippen LogP contribution in [0.1, 0.15) is 43.8 Å². The summed E-state index contributed by atoms with van der Waals surface area (Å²) in [7, 11) is 0. The summed E-state index contributed by atoms with van der Waals surface area (Å²) in [5, 5.41) is 7.27. The van der Waals surface area contributed by atoms with Crippen molar-refractivity contribution in [3.8, 4) is 11.4 Å². The SMILES string of the molecule is CC(C)(C)c1ccc(-c2n[nH]c(C(N)c3ccccc3)n2)cc1. The van der Waals surface area contributed by atoms with Gasteiger partial charge in [-0.05, 0) is 16.5 Å². The van der Waals surface area contributed by atoms with E-state index in [2.05, 4.69) is 60.2 Å². The number of hydrogen-bond acceptors (Lipinski definition) is 3. The summed E-state index contributed by atoms with van der Waals surface area (Å²) in [6, 6.07) is 18.0. The van der Waals surface area contributed by atoms with Crippen LogP contribution in [0, 0.1) is 0 Å². The van der Waals surface area contributed by atoms with Gasteiger partial charge in [0.2, 0.25) is 0 Å². The van der Waals surface area contributed by atoms with Gasteiger partial charge in [-0.25, -0.2) is 4.98 Å². The van der Waals surface area contributed by atoms with E-state index in [1.165, 1.54) is 5.56 Å². The van der Waals surface area contributed by atoms with E-state index in [0.29, 0.717) is 11.6 Å². The van der Waals surface area contributed by atoms with Gasteiger partial charge in [0.05, 0.1) is 6.04 Å². The van der Waals surface area contributed by atoms with Crippen LogP contribution in [-0.4, -0.2) is 15.2 Å². The molecule has 3 rings (SSSR count). The van der Waals surface area contributed by atoms with Crippen molar-refractivity contribution in [3.63, 3.8) is 0 Å². The van der Waals surface area contributed by atoms with Gasteiger partial charge in [-0.15, -0.1) is 0 Å². The lowest BCUT2D eigenvalue weighted by molar-refractivity contribution is 0.590. The zero-order valence-corrected chi connectivity index (χ0v) is 13.7. The van der Waals surface area contributed by atoms with Gasteiger partial charge < -0.3 is 5.73 Å². The molecule has 4 nitrogen and oxygen atoms in total. The molecule has 1 heterocycles. The minimum atomic E-state index is -0.300. The molecule has 3 aromatic rings. The van der Waals surface area contributed by atoms with Crippen molar-refractivity contribution in [2.45, 2.75) is 32.2 Å². The maximum atomic E-state index is 6.26. The van der Waals surface area contributed by atoms with E-state index in [0.717, 1.165) is 11.1 Å². The van der Waals surface area contributed by atoms with Crippen molar-refractivity contribution >= 4 is 0 Å². The fourth-order valence-electron chi connectivity index (χ4n) is 2.48. The number of nitrogens with two attached hydrogens (primary N) is 1. The minimum absolute atomic E-state index is 0.137. The first kappa shape index (κ1) is 15.4. The van der Waals surface area contributed by atoms with Crippen molar-refractivity contribution in [2.75, 3.05) is 0 Å². The van der Waals surface area contributed by atoms with Crippen LogP contribution in [0.5, 0.6) is 0 Å². The maximum absolute atomic E-state index is 6.26. The highest BCUT2D eigenvalue weighted by atomic mass is 15.2. The van der Waals surface area contributed by atoms with E-state index in [1.54, 1.807) is 0 Å². The van der Waals surface area contributed by atoms with E-state index in [-0.39, 0.29) is 11.5 Å². The first-order valence-electron chi connectivity index (χ1n) is 7.79. The molecule has 0 fully saturated rings. The van der Waals surface area contributed by atoms with Crippen LogP contribution in [0.3, 0.4) is 0 Å². The lowest BCUT2D eigenvalue weighted by Crippen LogP contribution is -2.13. The Morgan fingerprint density at radius 2 is 1.61 bits per heavy atom. The first-order valence-corrected chi connectivity index (χ1v) is 7.79. The molecule has 0 bridgehead atoms. The normalized spacial score (nSPS) is 13.0. The van der Waals surface area contributed by atoms with Crippen molar-refractivity contribution < 1.29 is 0 Å². The predicted octanol–water partition coefficient (Wildman–Crippen LogP) is 3.82. The zero-order valence-electron chi connectivity index (χ0n) is 13.7. The third kappa shape index (κ3) is 3.32. The van der Waals surface area contributed by atoms with Crippen LogP contribution in [0.25, 0.3) is 11.4 Å². The smallest absolute Gasteiger partial charge is 0.181 e. The van der Waals surface area contributed by atoms with Crippen molar-refractivity contribution in [1.82, 2.24) is 15.2 Å². The molecule has 4 heteroatoms. The highest BCUT2D eigenvalue weighted by Crippen LogP contribution is 2.25. The van der Waals surface area contributed by atoms with Gasteiger partial charge in [-0.3, -0.25) is 5.10 Å². The first-order chi connectivity index (χ1) is 10.9. The molecule has 0 amide bonds. The summed E-state index contributed by atoms with van der Waals surface area (Å²) in [4.78, 5) is 4.56. The molecular weight excluding hydrogens is 284 g/mol. The molecule has 0 aliphatic carbocycles. The third-order valence-electron chi connectivity index (χ3n) is 3.97. The number of H-pyrrole nitrogens is 1. The number of hydrogen-bond donors (Lipinski definition) is 2. The molecule has 0 saturated carbocycles. The number of rotatable bonds is 3. The number of nitrogens with zero attached hydrogens (tertiary/aromatic N) is 2. The molecule has 0 aliphatic rings. The second kappa shape index (κ2) is 5.97. The molecule has 1 aromatic heterocycles. The highest BCUT2D eigenvalue weighted by Gasteiger charge is 2.16. The van der Waals surface area contributed by atoms with Gasteiger partial charge in [-0.2, -0.15) is 5.10 Å². The Kier molecular flexibility index (Phi) is 4.01. The van der Waals surface area contributed by atoms with Gasteiger partial charge in [0.1, 0.15) is 5.82 Å². The second-order valence-corrected chi connectivity index (χ2v) is 6.76. The van der Waals surface area contributed by atoms with E-state index >= 15 is 0 Å². The van der Waals surface area contributed by atoms with Crippen LogP contribution in [0.4, 0.5) is 0 Å². The van der Waals surface area contributed by atoms with Gasteiger partial charge >= 0.3 is 0 Å². The molecule has 118 valence electrons. The third-order valence-corrected chi connectivity index (χ3v) is 3.97. The molecule has 0 spiro atoms. The number of benzene rings is 2. The molecule has 0 aliphatic heterocycles. The number of aromatic amines is 1. The molecule has 2 aromatic carbocycles. The van der Waals surface area contributed by atoms with Crippen LogP contribution in [0.15, 0.2) is 54.6 Å². The standard InChI is InChI=1S/C19H22N4/c1-19(2,3)15-11-9-14(10-12-15)17-21-18(23-22-17)16(20)13-7-5-4-6-8-13/h4-12,16H,20H2,1-3H3,(H,21,22,23). The molecule has 23 heavy (non-hydrogen) atoms. The summed E-state index contributed by atoms with van der Waals surface area (Å²) in [5.41, 5.74) is 9.68. The Morgan fingerprint density at radius 3 is 2.22 bits per heavy atom. The van der Waals surface area contributed by atoms with Crippen LogP contribution >= 0.6 is 0 Å². The Labute approximate surface area is 136 Å². The van der Waals surface area contributed by atoms with Gasteiger partial charge in [-0.1, -0.05) is 75.4 Å². The maximum Gasteiger partial charge on any atom is 0.181 e. The van der Waals surface area contributed by atoms with E-state index < -0.39 is 0 Å².